The number of carbonyl (C=O) groups excluding carboxylic acids is 2. The van der Waals surface area contributed by atoms with Crippen molar-refractivity contribution >= 4 is 39.6 Å². The molecule has 1 unspecified atom stereocenters. The molecular weight excluding hydrogens is 630 g/mol. The van der Waals surface area contributed by atoms with Gasteiger partial charge in [-0.05, 0) is 75.9 Å². The highest BCUT2D eigenvalue weighted by molar-refractivity contribution is 8.17. The number of carbonyl (C=O) groups is 2. The number of thiol groups is 1. The Bertz CT molecular complexity index is 1700. The van der Waals surface area contributed by atoms with Crippen molar-refractivity contribution in [3.05, 3.63) is 58.3 Å². The second-order valence-corrected chi connectivity index (χ2v) is 14.9. The molecule has 0 bridgehead atoms. The van der Waals surface area contributed by atoms with E-state index in [1.807, 2.05) is 0 Å². The van der Waals surface area contributed by atoms with Crippen molar-refractivity contribution < 1.29 is 36.6 Å². The molecular formula is C31H37F4N5O5S. The number of anilines is 1. The van der Waals surface area contributed by atoms with Gasteiger partial charge in [0.1, 0.15) is 23.8 Å². The summed E-state index contributed by atoms with van der Waals surface area (Å²) < 4.78 is 70.0. The predicted molar refractivity (Wildman–Crippen MR) is 166 cm³/mol. The molecule has 2 aliphatic rings. The quantitative estimate of drug-likeness (QED) is 0.299. The molecule has 0 spiro atoms. The van der Waals surface area contributed by atoms with Crippen molar-refractivity contribution in [2.75, 3.05) is 30.3 Å². The molecule has 2 aliphatic heterocycles. The number of amides is 2. The number of piperazine rings is 1. The highest BCUT2D eigenvalue weighted by Crippen LogP contribution is 2.52. The highest BCUT2D eigenvalue weighted by Gasteiger charge is 2.39. The smallest absolute Gasteiger partial charge is 0.416 e. The molecule has 4 atom stereocenters. The van der Waals surface area contributed by atoms with Crippen molar-refractivity contribution in [3.63, 3.8) is 0 Å². The lowest BCUT2D eigenvalue weighted by molar-refractivity contribution is -0.137. The van der Waals surface area contributed by atoms with Crippen LogP contribution in [0.25, 0.3) is 10.9 Å². The van der Waals surface area contributed by atoms with Crippen LogP contribution in [0.15, 0.2) is 51.0 Å². The number of halogens is 4. The van der Waals surface area contributed by atoms with Gasteiger partial charge in [-0.25, -0.2) is 14.0 Å². The molecule has 10 nitrogen and oxygen atoms in total. The standard InChI is InChI=1S/C31H37F4N5O5S/c1-17-12-38(13-18(2)40(17)29(43)45-30(3,4)5)27-23-10-19(31(33,34)35)11-24-26(23)39(28(42)37-27)14-21(44-15-25(36)41)16-46(24)22-8-6-20(32)7-9-22/h6-11,17-18,21,46H,12-16H2,1-5H3,(H2,36,41)/t17-,18+,21-/m0/s1. The lowest BCUT2D eigenvalue weighted by Crippen LogP contribution is -2.59. The van der Waals surface area contributed by atoms with Gasteiger partial charge in [-0.3, -0.25) is 14.3 Å². The first-order valence-corrected chi connectivity index (χ1v) is 16.3. The lowest BCUT2D eigenvalue weighted by atomic mass is 10.1. The maximum Gasteiger partial charge on any atom is 0.416 e. The zero-order chi connectivity index (χ0) is 33.7. The molecule has 2 N–H and O–H groups in total. The second kappa shape index (κ2) is 12.4. The van der Waals surface area contributed by atoms with E-state index in [1.54, 1.807) is 44.4 Å². The Kier molecular flexibility index (Phi) is 9.03. The first-order valence-electron chi connectivity index (χ1n) is 14.8. The Balaban J connectivity index is 1.69. The summed E-state index contributed by atoms with van der Waals surface area (Å²) in [5, 5.41) is 0.111. The molecule has 1 aromatic heterocycles. The average molecular weight is 668 g/mol. The van der Waals surface area contributed by atoms with E-state index in [9.17, 15) is 31.9 Å². The van der Waals surface area contributed by atoms with Crippen LogP contribution in [0.3, 0.4) is 0 Å². The third-order valence-electron chi connectivity index (χ3n) is 7.85. The van der Waals surface area contributed by atoms with Crippen LogP contribution in [0.5, 0.6) is 0 Å². The van der Waals surface area contributed by atoms with Gasteiger partial charge in [-0.2, -0.15) is 29.1 Å². The topological polar surface area (TPSA) is 120 Å². The van der Waals surface area contributed by atoms with Crippen molar-refractivity contribution in [2.45, 2.75) is 80.9 Å². The van der Waals surface area contributed by atoms with E-state index in [0.717, 1.165) is 12.1 Å². The predicted octanol–water partition coefficient (Wildman–Crippen LogP) is 4.69. The van der Waals surface area contributed by atoms with E-state index in [0.29, 0.717) is 4.90 Å². The fourth-order valence-corrected chi connectivity index (χ4v) is 8.68. The summed E-state index contributed by atoms with van der Waals surface area (Å²) in [6.07, 6.45) is -6.03. The number of ether oxygens (including phenoxy) is 2. The van der Waals surface area contributed by atoms with Crippen LogP contribution < -0.4 is 16.3 Å². The van der Waals surface area contributed by atoms with E-state index in [1.165, 1.54) is 28.8 Å². The Morgan fingerprint density at radius 1 is 1.04 bits per heavy atom. The Hall–Kier alpha value is -3.85. The number of rotatable bonds is 5. The van der Waals surface area contributed by atoms with Crippen LogP contribution in [-0.4, -0.2) is 75.7 Å². The second-order valence-electron chi connectivity index (χ2n) is 12.7. The van der Waals surface area contributed by atoms with Gasteiger partial charge in [-0.1, -0.05) is 0 Å². The van der Waals surface area contributed by atoms with Gasteiger partial charge in [0.25, 0.3) is 0 Å². The van der Waals surface area contributed by atoms with Gasteiger partial charge in [0.2, 0.25) is 5.91 Å². The first-order chi connectivity index (χ1) is 21.4. The summed E-state index contributed by atoms with van der Waals surface area (Å²) >= 11 is 0. The van der Waals surface area contributed by atoms with E-state index < -0.39 is 76.5 Å². The van der Waals surface area contributed by atoms with E-state index in [4.69, 9.17) is 15.2 Å². The maximum absolute atomic E-state index is 14.5. The summed E-state index contributed by atoms with van der Waals surface area (Å²) in [5.74, 6) is -1.05. The van der Waals surface area contributed by atoms with Gasteiger partial charge >= 0.3 is 18.0 Å². The molecule has 5 rings (SSSR count). The van der Waals surface area contributed by atoms with Gasteiger partial charge in [0, 0.05) is 29.1 Å². The van der Waals surface area contributed by atoms with Crippen molar-refractivity contribution in [1.82, 2.24) is 14.5 Å². The van der Waals surface area contributed by atoms with Crippen LogP contribution in [-0.2, 0) is 27.0 Å². The summed E-state index contributed by atoms with van der Waals surface area (Å²) in [7, 11) is -1.65. The minimum Gasteiger partial charge on any atom is -0.444 e. The number of aromatic nitrogens is 2. The summed E-state index contributed by atoms with van der Waals surface area (Å²) in [6.45, 7) is 8.68. The van der Waals surface area contributed by atoms with Gasteiger partial charge in [0.05, 0.1) is 35.8 Å². The maximum atomic E-state index is 14.5. The van der Waals surface area contributed by atoms with Crippen molar-refractivity contribution in [2.24, 2.45) is 5.73 Å². The molecule has 3 aromatic rings. The van der Waals surface area contributed by atoms with Crippen molar-refractivity contribution in [1.29, 1.82) is 0 Å². The first kappa shape index (κ1) is 33.5. The third kappa shape index (κ3) is 6.94. The van der Waals surface area contributed by atoms with Crippen molar-refractivity contribution in [3.8, 4) is 0 Å². The number of hydrogen-bond donors (Lipinski definition) is 2. The summed E-state index contributed by atoms with van der Waals surface area (Å²) in [6, 6.07) is 6.65. The molecule has 1 saturated heterocycles. The largest absolute Gasteiger partial charge is 0.444 e. The molecule has 0 aliphatic carbocycles. The van der Waals surface area contributed by atoms with Gasteiger partial charge < -0.3 is 20.1 Å². The zero-order valence-corrected chi connectivity index (χ0v) is 27.0. The van der Waals surface area contributed by atoms with Gasteiger partial charge in [0.15, 0.2) is 0 Å². The fraction of sp³-hybridized carbons (Fsp3) is 0.484. The minimum atomic E-state index is -4.74. The number of nitrogens with two attached hydrogens (primary N) is 1. The third-order valence-corrected chi connectivity index (χ3v) is 10.5. The number of primary amides is 1. The lowest BCUT2D eigenvalue weighted by Gasteiger charge is -2.45. The molecule has 250 valence electrons. The molecule has 0 radical (unpaired) electrons. The molecule has 46 heavy (non-hydrogen) atoms. The highest BCUT2D eigenvalue weighted by atomic mass is 32.2. The molecule has 2 amide bonds. The van der Waals surface area contributed by atoms with Crippen LogP contribution >= 0.6 is 10.9 Å². The van der Waals surface area contributed by atoms with Crippen LogP contribution in [0.2, 0.25) is 0 Å². The Morgan fingerprint density at radius 2 is 1.67 bits per heavy atom. The number of nitrogens with zero attached hydrogens (tertiary/aromatic N) is 4. The van der Waals surface area contributed by atoms with Crippen LogP contribution in [0, 0.1) is 5.82 Å². The Morgan fingerprint density at radius 3 is 2.24 bits per heavy atom. The fourth-order valence-electron chi connectivity index (χ4n) is 6.06. The molecule has 2 aromatic carbocycles. The number of benzene rings is 2. The van der Waals surface area contributed by atoms with E-state index in [2.05, 4.69) is 4.98 Å². The number of hydrogen-bond acceptors (Lipinski definition) is 7. The molecule has 1 fully saturated rings. The molecule has 0 saturated carbocycles. The van der Waals surface area contributed by atoms with E-state index >= 15 is 0 Å². The number of alkyl halides is 3. The SMILES string of the molecule is C[C@@H]1CN(c2nc(=O)n3c4c(cc(C(F)(F)F)cc24)[SH](c2ccc(F)cc2)C[C@@H](OCC(N)=O)C3)C[C@H](C)N1C(=O)OC(C)(C)C. The Labute approximate surface area is 265 Å². The van der Waals surface area contributed by atoms with Gasteiger partial charge in [-0.15, -0.1) is 0 Å². The molecule has 3 heterocycles. The summed E-state index contributed by atoms with van der Waals surface area (Å²) in [4.78, 5) is 46.8. The summed E-state index contributed by atoms with van der Waals surface area (Å²) in [5.41, 5.74) is 3.21. The van der Waals surface area contributed by atoms with Crippen LogP contribution in [0.1, 0.15) is 40.2 Å². The monoisotopic (exact) mass is 667 g/mol. The van der Waals surface area contributed by atoms with Crippen LogP contribution in [0.4, 0.5) is 28.2 Å². The van der Waals surface area contributed by atoms with E-state index in [-0.39, 0.29) is 47.0 Å². The zero-order valence-electron chi connectivity index (χ0n) is 26.1. The molecule has 15 heteroatoms. The minimum absolute atomic E-state index is 0.0664. The average Bonchev–Trinajstić information content (AvgIpc) is 3.10. The normalized spacial score (nSPS) is 22.9.